The van der Waals surface area contributed by atoms with E-state index < -0.39 is 5.60 Å². The number of amides is 1. The van der Waals surface area contributed by atoms with Gasteiger partial charge in [-0.1, -0.05) is 6.92 Å². The van der Waals surface area contributed by atoms with Gasteiger partial charge in [-0.15, -0.1) is 0 Å². The van der Waals surface area contributed by atoms with Gasteiger partial charge in [-0.05, 0) is 40.2 Å². The van der Waals surface area contributed by atoms with E-state index in [-0.39, 0.29) is 6.09 Å². The maximum Gasteiger partial charge on any atom is 0.410 e. The predicted octanol–water partition coefficient (Wildman–Crippen LogP) is 2.11. The normalized spacial score (nSPS) is 14.9. The molecular weight excluding hydrogens is 244 g/mol. The Morgan fingerprint density at radius 3 is 2.37 bits per heavy atom. The monoisotopic (exact) mass is 274 g/mol. The minimum atomic E-state index is -0.445. The van der Waals surface area contributed by atoms with Gasteiger partial charge in [0.2, 0.25) is 0 Å². The molecule has 0 radical (unpaired) electrons. The highest BCUT2D eigenvalue weighted by Crippen LogP contribution is 2.10. The van der Waals surface area contributed by atoms with Crippen LogP contribution in [0.2, 0.25) is 0 Å². The van der Waals surface area contributed by atoms with Gasteiger partial charge in [0.25, 0.3) is 0 Å². The zero-order valence-electron chi connectivity index (χ0n) is 13.4. The maximum absolute atomic E-state index is 11.8. The van der Waals surface area contributed by atoms with Crippen LogP contribution in [0.15, 0.2) is 0 Å². The van der Waals surface area contributed by atoms with Gasteiger partial charge in [0.05, 0.1) is 6.61 Å². The molecule has 0 saturated carbocycles. The molecule has 0 bridgehead atoms. The summed E-state index contributed by atoms with van der Waals surface area (Å²) in [6.07, 6.45) is -0.274. The van der Waals surface area contributed by atoms with Crippen molar-refractivity contribution in [3.8, 4) is 0 Å². The fourth-order valence-corrected chi connectivity index (χ4v) is 1.66. The standard InChI is InChI=1S/C14H30N2O3/c1-11(8-15-12(2)10-18-7)9-16(6)13(17)19-14(3,4)5/h11-12,15H,8-10H2,1-7H3. The molecule has 5 nitrogen and oxygen atoms in total. The van der Waals surface area contributed by atoms with Crippen molar-refractivity contribution in [1.29, 1.82) is 0 Å². The summed E-state index contributed by atoms with van der Waals surface area (Å²) >= 11 is 0. The van der Waals surface area contributed by atoms with Gasteiger partial charge in [-0.2, -0.15) is 0 Å². The average molecular weight is 274 g/mol. The predicted molar refractivity (Wildman–Crippen MR) is 77.4 cm³/mol. The summed E-state index contributed by atoms with van der Waals surface area (Å²) in [5, 5.41) is 3.37. The summed E-state index contributed by atoms with van der Waals surface area (Å²) in [5.41, 5.74) is -0.445. The van der Waals surface area contributed by atoms with E-state index in [1.807, 2.05) is 20.8 Å². The van der Waals surface area contributed by atoms with Crippen molar-refractivity contribution in [2.75, 3.05) is 33.9 Å². The van der Waals surface area contributed by atoms with E-state index in [2.05, 4.69) is 19.2 Å². The zero-order chi connectivity index (χ0) is 15.1. The van der Waals surface area contributed by atoms with E-state index in [1.54, 1.807) is 19.1 Å². The molecule has 0 rings (SSSR count). The van der Waals surface area contributed by atoms with E-state index in [0.717, 1.165) is 6.54 Å². The van der Waals surface area contributed by atoms with Crippen LogP contribution in [0.3, 0.4) is 0 Å². The van der Waals surface area contributed by atoms with Crippen molar-refractivity contribution in [3.63, 3.8) is 0 Å². The Morgan fingerprint density at radius 1 is 1.32 bits per heavy atom. The lowest BCUT2D eigenvalue weighted by atomic mass is 10.1. The van der Waals surface area contributed by atoms with E-state index in [4.69, 9.17) is 9.47 Å². The first-order valence-corrected chi connectivity index (χ1v) is 6.82. The van der Waals surface area contributed by atoms with Crippen LogP contribution in [0.5, 0.6) is 0 Å². The summed E-state index contributed by atoms with van der Waals surface area (Å²) < 4.78 is 10.4. The van der Waals surface area contributed by atoms with Crippen LogP contribution in [0.4, 0.5) is 4.79 Å². The summed E-state index contributed by atoms with van der Waals surface area (Å²) in [7, 11) is 3.46. The average Bonchev–Trinajstić information content (AvgIpc) is 2.24. The number of ether oxygens (including phenoxy) is 2. The second-order valence-electron chi connectivity index (χ2n) is 6.23. The first kappa shape index (κ1) is 18.2. The van der Waals surface area contributed by atoms with Gasteiger partial charge < -0.3 is 19.7 Å². The molecule has 0 spiro atoms. The Bertz CT molecular complexity index is 264. The molecular formula is C14H30N2O3. The number of nitrogens with zero attached hydrogens (tertiary/aromatic N) is 1. The zero-order valence-corrected chi connectivity index (χ0v) is 13.4. The fourth-order valence-electron chi connectivity index (χ4n) is 1.66. The quantitative estimate of drug-likeness (QED) is 0.772. The molecule has 0 heterocycles. The van der Waals surface area contributed by atoms with Crippen LogP contribution in [0, 0.1) is 5.92 Å². The number of methoxy groups -OCH3 is 1. The number of rotatable bonds is 7. The van der Waals surface area contributed by atoms with Gasteiger partial charge in [0.15, 0.2) is 0 Å². The van der Waals surface area contributed by atoms with E-state index in [1.165, 1.54) is 0 Å². The molecule has 1 N–H and O–H groups in total. The Morgan fingerprint density at radius 2 is 1.89 bits per heavy atom. The molecule has 0 aromatic heterocycles. The Labute approximate surface area is 117 Å². The summed E-state index contributed by atoms with van der Waals surface area (Å²) in [5.74, 6) is 0.358. The van der Waals surface area contributed by atoms with Gasteiger partial charge in [0.1, 0.15) is 5.60 Å². The number of carbonyl (C=O) groups excluding carboxylic acids is 1. The molecule has 114 valence electrons. The van der Waals surface area contributed by atoms with Crippen LogP contribution in [0.1, 0.15) is 34.6 Å². The highest BCUT2D eigenvalue weighted by molar-refractivity contribution is 5.67. The minimum absolute atomic E-state index is 0.274. The Balaban J connectivity index is 3.98. The molecule has 0 aromatic carbocycles. The van der Waals surface area contributed by atoms with E-state index >= 15 is 0 Å². The number of nitrogens with one attached hydrogen (secondary N) is 1. The first-order valence-electron chi connectivity index (χ1n) is 6.82. The third-order valence-corrected chi connectivity index (χ3v) is 2.52. The molecule has 0 aliphatic carbocycles. The first-order chi connectivity index (χ1) is 8.65. The third-order valence-electron chi connectivity index (χ3n) is 2.52. The molecule has 0 saturated heterocycles. The molecule has 19 heavy (non-hydrogen) atoms. The van der Waals surface area contributed by atoms with Crippen LogP contribution >= 0.6 is 0 Å². The third kappa shape index (κ3) is 9.73. The second-order valence-corrected chi connectivity index (χ2v) is 6.23. The molecule has 1 amide bonds. The van der Waals surface area contributed by atoms with Gasteiger partial charge >= 0.3 is 6.09 Å². The molecule has 0 aromatic rings. The number of hydrogen-bond donors (Lipinski definition) is 1. The van der Waals surface area contributed by atoms with Gasteiger partial charge in [-0.3, -0.25) is 0 Å². The lowest BCUT2D eigenvalue weighted by Crippen LogP contribution is -2.40. The lowest BCUT2D eigenvalue weighted by molar-refractivity contribution is 0.0276. The highest BCUT2D eigenvalue weighted by Gasteiger charge is 2.20. The van der Waals surface area contributed by atoms with Crippen molar-refractivity contribution in [2.24, 2.45) is 5.92 Å². The molecule has 2 atom stereocenters. The molecule has 0 fully saturated rings. The number of carbonyl (C=O) groups is 1. The lowest BCUT2D eigenvalue weighted by Gasteiger charge is -2.27. The van der Waals surface area contributed by atoms with E-state index in [0.29, 0.717) is 25.1 Å². The fraction of sp³-hybridized carbons (Fsp3) is 0.929. The second kappa shape index (κ2) is 8.38. The molecule has 0 aliphatic heterocycles. The summed E-state index contributed by atoms with van der Waals surface area (Å²) in [6, 6.07) is 0.319. The molecule has 5 heteroatoms. The van der Waals surface area contributed by atoms with Crippen molar-refractivity contribution in [2.45, 2.75) is 46.3 Å². The maximum atomic E-state index is 11.8. The topological polar surface area (TPSA) is 50.8 Å². The number of hydrogen-bond acceptors (Lipinski definition) is 4. The Kier molecular flexibility index (Phi) is 8.02. The van der Waals surface area contributed by atoms with Crippen molar-refractivity contribution in [3.05, 3.63) is 0 Å². The van der Waals surface area contributed by atoms with E-state index in [9.17, 15) is 4.79 Å². The SMILES string of the molecule is COCC(C)NCC(C)CN(C)C(=O)OC(C)(C)C. The van der Waals surface area contributed by atoms with Crippen molar-refractivity contribution < 1.29 is 14.3 Å². The largest absolute Gasteiger partial charge is 0.444 e. The molecule has 0 aliphatic rings. The summed E-state index contributed by atoms with van der Waals surface area (Å²) in [6.45, 7) is 12.0. The van der Waals surface area contributed by atoms with Crippen molar-refractivity contribution in [1.82, 2.24) is 10.2 Å². The Hall–Kier alpha value is -0.810. The highest BCUT2D eigenvalue weighted by atomic mass is 16.6. The van der Waals surface area contributed by atoms with Crippen LogP contribution in [-0.2, 0) is 9.47 Å². The minimum Gasteiger partial charge on any atom is -0.444 e. The van der Waals surface area contributed by atoms with Gasteiger partial charge in [-0.25, -0.2) is 4.79 Å². The van der Waals surface area contributed by atoms with Crippen LogP contribution in [-0.4, -0.2) is 56.5 Å². The van der Waals surface area contributed by atoms with Crippen molar-refractivity contribution >= 4 is 6.09 Å². The van der Waals surface area contributed by atoms with Crippen LogP contribution < -0.4 is 5.32 Å². The summed E-state index contributed by atoms with van der Waals surface area (Å²) in [4.78, 5) is 13.4. The molecule has 2 unspecified atom stereocenters. The van der Waals surface area contributed by atoms with Crippen LogP contribution in [0.25, 0.3) is 0 Å². The smallest absolute Gasteiger partial charge is 0.410 e. The van der Waals surface area contributed by atoms with Gasteiger partial charge in [0, 0.05) is 26.7 Å².